The maximum atomic E-state index is 12.2. The van der Waals surface area contributed by atoms with Crippen molar-refractivity contribution in [3.05, 3.63) is 30.1 Å². The second-order valence-electron chi connectivity index (χ2n) is 4.94. The van der Waals surface area contributed by atoms with Gasteiger partial charge in [0.05, 0.1) is 5.69 Å². The van der Waals surface area contributed by atoms with Crippen molar-refractivity contribution in [3.8, 4) is 0 Å². The van der Waals surface area contributed by atoms with E-state index in [1.54, 1.807) is 31.3 Å². The molecule has 0 saturated carbocycles. The summed E-state index contributed by atoms with van der Waals surface area (Å²) in [5.74, 6) is 0. The van der Waals surface area contributed by atoms with Crippen molar-refractivity contribution in [2.75, 3.05) is 13.1 Å². The molecule has 19 heavy (non-hydrogen) atoms. The van der Waals surface area contributed by atoms with Crippen molar-refractivity contribution in [2.24, 2.45) is 0 Å². The van der Waals surface area contributed by atoms with Crippen molar-refractivity contribution in [1.29, 1.82) is 0 Å². The quantitative estimate of drug-likeness (QED) is 0.852. The monoisotopic (exact) mass is 283 g/mol. The maximum absolute atomic E-state index is 12.2. The number of hydrogen-bond acceptors (Lipinski definition) is 4. The number of sulfonamides is 1. The van der Waals surface area contributed by atoms with Gasteiger partial charge in [0, 0.05) is 18.8 Å². The Bertz CT molecular complexity index is 484. The van der Waals surface area contributed by atoms with Gasteiger partial charge in [0.25, 0.3) is 0 Å². The van der Waals surface area contributed by atoms with Crippen LogP contribution in [-0.2, 0) is 10.0 Å². The lowest BCUT2D eigenvalue weighted by Crippen LogP contribution is -2.44. The lowest BCUT2D eigenvalue weighted by molar-refractivity contribution is 0.397. The maximum Gasteiger partial charge on any atom is 0.220 e. The van der Waals surface area contributed by atoms with Crippen molar-refractivity contribution < 1.29 is 8.42 Å². The predicted molar refractivity (Wildman–Crippen MR) is 75.2 cm³/mol. The van der Waals surface area contributed by atoms with Crippen LogP contribution in [-0.4, -0.2) is 32.5 Å². The van der Waals surface area contributed by atoms with Gasteiger partial charge in [0.1, 0.15) is 5.25 Å². The molecule has 0 bridgehead atoms. The fourth-order valence-corrected chi connectivity index (χ4v) is 3.36. The van der Waals surface area contributed by atoms with E-state index in [1.165, 1.54) is 6.42 Å². The minimum absolute atomic E-state index is 0.249. The molecule has 1 fully saturated rings. The molecule has 0 spiro atoms. The van der Waals surface area contributed by atoms with Gasteiger partial charge in [-0.15, -0.1) is 0 Å². The Kier molecular flexibility index (Phi) is 4.90. The van der Waals surface area contributed by atoms with E-state index in [2.05, 4.69) is 15.0 Å². The van der Waals surface area contributed by atoms with Gasteiger partial charge in [-0.05, 0) is 38.4 Å². The van der Waals surface area contributed by atoms with Crippen LogP contribution in [0.3, 0.4) is 0 Å². The Labute approximate surface area is 114 Å². The molecular formula is C13H21N3O2S. The Morgan fingerprint density at radius 1 is 1.47 bits per heavy atom. The van der Waals surface area contributed by atoms with Crippen LogP contribution < -0.4 is 10.0 Å². The molecular weight excluding hydrogens is 262 g/mol. The number of hydrogen-bond donors (Lipinski definition) is 2. The van der Waals surface area contributed by atoms with Crippen molar-refractivity contribution >= 4 is 10.0 Å². The largest absolute Gasteiger partial charge is 0.313 e. The SMILES string of the molecule is C[C@@H](c1ccccn1)S(=O)(=O)NC[C@H]1CCCCN1. The molecule has 2 heterocycles. The zero-order chi connectivity index (χ0) is 13.7. The summed E-state index contributed by atoms with van der Waals surface area (Å²) >= 11 is 0. The molecule has 6 heteroatoms. The van der Waals surface area contributed by atoms with Gasteiger partial charge >= 0.3 is 0 Å². The van der Waals surface area contributed by atoms with Crippen LogP contribution in [0, 0.1) is 0 Å². The van der Waals surface area contributed by atoms with E-state index >= 15 is 0 Å². The van der Waals surface area contributed by atoms with E-state index in [0.29, 0.717) is 12.2 Å². The van der Waals surface area contributed by atoms with Crippen molar-refractivity contribution in [1.82, 2.24) is 15.0 Å². The molecule has 0 aromatic carbocycles. The number of piperidine rings is 1. The normalized spacial score (nSPS) is 22.1. The molecule has 1 saturated heterocycles. The summed E-state index contributed by atoms with van der Waals surface area (Å²) in [4.78, 5) is 4.10. The first-order chi connectivity index (χ1) is 9.09. The third-order valence-corrected chi connectivity index (χ3v) is 5.25. The first-order valence-electron chi connectivity index (χ1n) is 6.72. The second kappa shape index (κ2) is 6.45. The van der Waals surface area contributed by atoms with E-state index in [1.807, 2.05) is 0 Å². The molecule has 1 aromatic rings. The fraction of sp³-hybridized carbons (Fsp3) is 0.615. The minimum Gasteiger partial charge on any atom is -0.313 e. The first-order valence-corrected chi connectivity index (χ1v) is 8.27. The van der Waals surface area contributed by atoms with Gasteiger partial charge in [0.2, 0.25) is 10.0 Å². The highest BCUT2D eigenvalue weighted by Gasteiger charge is 2.24. The van der Waals surface area contributed by atoms with E-state index in [9.17, 15) is 8.42 Å². The van der Waals surface area contributed by atoms with Crippen LogP contribution in [0.25, 0.3) is 0 Å². The molecule has 2 atom stereocenters. The molecule has 2 rings (SSSR count). The standard InChI is InChI=1S/C13H21N3O2S/c1-11(13-7-3-5-9-15-13)19(17,18)16-10-12-6-2-4-8-14-12/h3,5,7,9,11-12,14,16H,2,4,6,8,10H2,1H3/t11-,12+/m0/s1. The van der Waals surface area contributed by atoms with Crippen LogP contribution in [0.15, 0.2) is 24.4 Å². The molecule has 106 valence electrons. The molecule has 1 aliphatic heterocycles. The Balaban J connectivity index is 1.94. The average molecular weight is 283 g/mol. The lowest BCUT2D eigenvalue weighted by Gasteiger charge is -2.24. The zero-order valence-electron chi connectivity index (χ0n) is 11.2. The summed E-state index contributed by atoms with van der Waals surface area (Å²) in [5, 5.41) is 2.70. The third kappa shape index (κ3) is 3.99. The van der Waals surface area contributed by atoms with Crippen LogP contribution in [0.1, 0.15) is 37.1 Å². The number of pyridine rings is 1. The summed E-state index contributed by atoms with van der Waals surface area (Å²) in [7, 11) is -3.37. The highest BCUT2D eigenvalue weighted by Crippen LogP contribution is 2.18. The summed E-state index contributed by atoms with van der Waals surface area (Å²) in [6, 6.07) is 5.57. The van der Waals surface area contributed by atoms with Crippen LogP contribution >= 0.6 is 0 Å². The Morgan fingerprint density at radius 3 is 2.95 bits per heavy atom. The van der Waals surface area contributed by atoms with E-state index in [4.69, 9.17) is 0 Å². The van der Waals surface area contributed by atoms with E-state index < -0.39 is 15.3 Å². The van der Waals surface area contributed by atoms with Gasteiger partial charge in [0.15, 0.2) is 0 Å². The summed E-state index contributed by atoms with van der Waals surface area (Å²) < 4.78 is 27.1. The third-order valence-electron chi connectivity index (χ3n) is 3.51. The Hall–Kier alpha value is -0.980. The van der Waals surface area contributed by atoms with Gasteiger partial charge < -0.3 is 5.32 Å². The average Bonchev–Trinajstić information content (AvgIpc) is 2.46. The van der Waals surface area contributed by atoms with Gasteiger partial charge in [-0.3, -0.25) is 4.98 Å². The van der Waals surface area contributed by atoms with E-state index in [-0.39, 0.29) is 6.04 Å². The van der Waals surface area contributed by atoms with Gasteiger partial charge in [-0.25, -0.2) is 13.1 Å². The molecule has 1 aliphatic rings. The smallest absolute Gasteiger partial charge is 0.220 e. The molecule has 0 amide bonds. The van der Waals surface area contributed by atoms with Gasteiger partial charge in [-0.2, -0.15) is 0 Å². The number of nitrogens with zero attached hydrogens (tertiary/aromatic N) is 1. The number of nitrogens with one attached hydrogen (secondary N) is 2. The summed E-state index contributed by atoms with van der Waals surface area (Å²) in [6.45, 7) is 3.10. The van der Waals surface area contributed by atoms with Crippen molar-refractivity contribution in [3.63, 3.8) is 0 Å². The minimum atomic E-state index is -3.37. The van der Waals surface area contributed by atoms with Crippen LogP contribution in [0.4, 0.5) is 0 Å². The number of rotatable bonds is 5. The van der Waals surface area contributed by atoms with E-state index in [0.717, 1.165) is 19.4 Å². The fourth-order valence-electron chi connectivity index (χ4n) is 2.22. The highest BCUT2D eigenvalue weighted by molar-refractivity contribution is 7.89. The summed E-state index contributed by atoms with van der Waals surface area (Å²) in [6.07, 6.45) is 4.98. The Morgan fingerprint density at radius 2 is 2.32 bits per heavy atom. The summed E-state index contributed by atoms with van der Waals surface area (Å²) in [5.41, 5.74) is 0.576. The first kappa shape index (κ1) is 14.4. The zero-order valence-corrected chi connectivity index (χ0v) is 12.0. The van der Waals surface area contributed by atoms with Crippen LogP contribution in [0.2, 0.25) is 0 Å². The second-order valence-corrected chi connectivity index (χ2v) is 7.02. The molecule has 2 N–H and O–H groups in total. The molecule has 1 aromatic heterocycles. The molecule has 0 aliphatic carbocycles. The highest BCUT2D eigenvalue weighted by atomic mass is 32.2. The number of aromatic nitrogens is 1. The topological polar surface area (TPSA) is 71.1 Å². The van der Waals surface area contributed by atoms with Crippen molar-refractivity contribution in [2.45, 2.75) is 37.5 Å². The molecule has 5 nitrogen and oxygen atoms in total. The van der Waals surface area contributed by atoms with Gasteiger partial charge in [-0.1, -0.05) is 12.5 Å². The predicted octanol–water partition coefficient (Wildman–Crippen LogP) is 1.20. The molecule has 0 radical (unpaired) electrons. The molecule has 0 unspecified atom stereocenters. The van der Waals surface area contributed by atoms with Crippen LogP contribution in [0.5, 0.6) is 0 Å². The lowest BCUT2D eigenvalue weighted by atomic mass is 10.1.